The van der Waals surface area contributed by atoms with Crippen LogP contribution in [0.2, 0.25) is 0 Å². The lowest BCUT2D eigenvalue weighted by Crippen LogP contribution is -2.31. The molecular weight excluding hydrogens is 547 g/mol. The van der Waals surface area contributed by atoms with Gasteiger partial charge < -0.3 is 15.2 Å². The van der Waals surface area contributed by atoms with Crippen molar-refractivity contribution < 1.29 is 27.1 Å². The Morgan fingerprint density at radius 1 is 1.00 bits per heavy atom. The van der Waals surface area contributed by atoms with E-state index in [2.05, 4.69) is 9.97 Å². The molecule has 2 aromatic heterocycles. The highest BCUT2D eigenvalue weighted by Gasteiger charge is 2.25. The molecule has 214 valence electrons. The number of ether oxygens (including phenoxy) is 2. The van der Waals surface area contributed by atoms with Crippen LogP contribution in [0.4, 0.5) is 10.2 Å². The van der Waals surface area contributed by atoms with Crippen molar-refractivity contribution in [3.63, 3.8) is 0 Å². The fourth-order valence-corrected chi connectivity index (χ4v) is 5.07. The van der Waals surface area contributed by atoms with Crippen LogP contribution in [0.1, 0.15) is 40.9 Å². The van der Waals surface area contributed by atoms with Gasteiger partial charge in [-0.05, 0) is 80.3 Å². The molecule has 0 radical (unpaired) electrons. The Morgan fingerprint density at radius 2 is 1.71 bits per heavy atom. The summed E-state index contributed by atoms with van der Waals surface area (Å²) in [6, 6.07) is 14.9. The summed E-state index contributed by atoms with van der Waals surface area (Å²) in [6.45, 7) is 10.0. The predicted molar refractivity (Wildman–Crippen MR) is 154 cm³/mol. The average molecular weight is 579 g/mol. The molecule has 9 nitrogen and oxygen atoms in total. The molecule has 4 aromatic rings. The zero-order valence-electron chi connectivity index (χ0n) is 23.4. The highest BCUT2D eigenvalue weighted by molar-refractivity contribution is 7.90. The third-order valence-corrected chi connectivity index (χ3v) is 7.19. The molecule has 3 N–H and O–H groups in total. The Morgan fingerprint density at radius 3 is 2.37 bits per heavy atom. The maximum absolute atomic E-state index is 15.0. The van der Waals surface area contributed by atoms with E-state index in [9.17, 15) is 17.6 Å². The summed E-state index contributed by atoms with van der Waals surface area (Å²) in [5.74, 6) is -0.660. The van der Waals surface area contributed by atoms with Crippen LogP contribution < -0.4 is 19.9 Å². The van der Waals surface area contributed by atoms with Crippen LogP contribution in [0.5, 0.6) is 17.4 Å². The number of aromatic nitrogens is 2. The second kappa shape index (κ2) is 11.9. The quantitative estimate of drug-likeness (QED) is 0.257. The number of anilines is 1. The van der Waals surface area contributed by atoms with E-state index in [1.807, 2.05) is 51.5 Å². The summed E-state index contributed by atoms with van der Waals surface area (Å²) in [6.07, 6.45) is 0. The molecule has 0 aliphatic heterocycles. The van der Waals surface area contributed by atoms with Crippen LogP contribution in [0, 0.1) is 32.5 Å². The fourth-order valence-electron chi connectivity index (χ4n) is 4.13. The summed E-state index contributed by atoms with van der Waals surface area (Å²) in [5.41, 5.74) is 8.26. The molecule has 1 amide bonds. The smallest absolute Gasteiger partial charge is 0.281 e. The first kappa shape index (κ1) is 29.5. The van der Waals surface area contributed by atoms with Crippen LogP contribution in [-0.2, 0) is 10.0 Å². The number of pyridine rings is 2. The van der Waals surface area contributed by atoms with E-state index in [-0.39, 0.29) is 34.4 Å². The maximum Gasteiger partial charge on any atom is 0.281 e. The zero-order valence-corrected chi connectivity index (χ0v) is 24.2. The molecule has 4 rings (SSSR count). The second-order valence-corrected chi connectivity index (χ2v) is 11.7. The fraction of sp³-hybridized carbons (Fsp3) is 0.233. The second-order valence-electron chi connectivity index (χ2n) is 10.1. The van der Waals surface area contributed by atoms with Crippen molar-refractivity contribution in [2.45, 2.75) is 39.6 Å². The molecule has 0 aliphatic rings. The van der Waals surface area contributed by atoms with Crippen molar-refractivity contribution in [1.82, 2.24) is 14.7 Å². The van der Waals surface area contributed by atoms with Gasteiger partial charge in [0.05, 0.1) is 12.3 Å². The molecule has 0 fully saturated rings. The summed E-state index contributed by atoms with van der Waals surface area (Å²) in [4.78, 5) is 21.6. The number of halogens is 1. The van der Waals surface area contributed by atoms with Gasteiger partial charge in [0.1, 0.15) is 28.7 Å². The standard InChI is InChI=1S/C30H31FN4O5S/c1-17(2)16-39-21-9-11-24(31)23(15-21)25-12-10-22(29(36)35-41(37,38)27-8-6-7-26(32)34-27)30(33-25)40-28-19(4)13-18(3)14-20(28)5/h6-15,17H,16H2,1-5H3,(H2,32,34)(H,35,36). The van der Waals surface area contributed by atoms with Gasteiger partial charge in [0.25, 0.3) is 15.9 Å². The number of nitrogens with two attached hydrogens (primary N) is 1. The topological polar surface area (TPSA) is 134 Å². The summed E-state index contributed by atoms with van der Waals surface area (Å²) in [5, 5.41) is -0.427. The number of nitrogen functional groups attached to an aromatic ring is 1. The number of carbonyl (C=O) groups excluding carboxylic acids is 1. The van der Waals surface area contributed by atoms with E-state index in [0.717, 1.165) is 16.7 Å². The first-order valence-corrected chi connectivity index (χ1v) is 14.3. The van der Waals surface area contributed by atoms with Crippen molar-refractivity contribution in [1.29, 1.82) is 0 Å². The van der Waals surface area contributed by atoms with Crippen molar-refractivity contribution in [3.05, 3.63) is 88.7 Å². The Labute approximate surface area is 238 Å². The van der Waals surface area contributed by atoms with Crippen LogP contribution in [-0.4, -0.2) is 30.9 Å². The van der Waals surface area contributed by atoms with Gasteiger partial charge in [0.2, 0.25) is 5.88 Å². The van der Waals surface area contributed by atoms with Gasteiger partial charge in [-0.2, -0.15) is 8.42 Å². The average Bonchev–Trinajstić information content (AvgIpc) is 2.89. The van der Waals surface area contributed by atoms with Crippen molar-refractivity contribution in [2.24, 2.45) is 5.92 Å². The molecule has 2 aromatic carbocycles. The lowest BCUT2D eigenvalue weighted by Gasteiger charge is -2.16. The third-order valence-electron chi connectivity index (χ3n) is 5.95. The number of aryl methyl sites for hydroxylation is 3. The highest BCUT2D eigenvalue weighted by atomic mass is 32.2. The van der Waals surface area contributed by atoms with Crippen molar-refractivity contribution in [3.8, 4) is 28.6 Å². The third kappa shape index (κ3) is 6.98. The normalized spacial score (nSPS) is 11.4. The van der Waals surface area contributed by atoms with E-state index in [4.69, 9.17) is 15.2 Å². The minimum absolute atomic E-state index is 0.0256. The van der Waals surface area contributed by atoms with E-state index < -0.39 is 26.8 Å². The van der Waals surface area contributed by atoms with E-state index in [1.165, 1.54) is 48.5 Å². The Balaban J connectivity index is 1.79. The molecule has 0 saturated carbocycles. The van der Waals surface area contributed by atoms with Gasteiger partial charge in [-0.15, -0.1) is 0 Å². The number of nitrogens with zero attached hydrogens (tertiary/aromatic N) is 2. The van der Waals surface area contributed by atoms with Gasteiger partial charge in [-0.1, -0.05) is 37.6 Å². The monoisotopic (exact) mass is 578 g/mol. The zero-order chi connectivity index (χ0) is 29.9. The van der Waals surface area contributed by atoms with Gasteiger partial charge >= 0.3 is 0 Å². The minimum atomic E-state index is -4.38. The number of hydrogen-bond donors (Lipinski definition) is 2. The molecule has 0 saturated heterocycles. The maximum atomic E-state index is 15.0. The van der Waals surface area contributed by atoms with E-state index >= 15 is 0 Å². The Kier molecular flexibility index (Phi) is 8.57. The number of sulfonamides is 1. The molecule has 11 heteroatoms. The van der Waals surface area contributed by atoms with Crippen LogP contribution in [0.3, 0.4) is 0 Å². The van der Waals surface area contributed by atoms with Crippen LogP contribution >= 0.6 is 0 Å². The largest absolute Gasteiger partial charge is 0.493 e. The number of nitrogens with one attached hydrogen (secondary N) is 1. The molecule has 41 heavy (non-hydrogen) atoms. The van der Waals surface area contributed by atoms with Crippen LogP contribution in [0.25, 0.3) is 11.3 Å². The molecule has 0 bridgehead atoms. The SMILES string of the molecule is Cc1cc(C)c(Oc2nc(-c3cc(OCC(C)C)ccc3F)ccc2C(=O)NS(=O)(=O)c2cccc(N)n2)c(C)c1. The Hall–Kier alpha value is -4.51. The number of benzene rings is 2. The molecule has 0 unspecified atom stereocenters. The molecular formula is C30H31FN4O5S. The van der Waals surface area contributed by atoms with Crippen LogP contribution in [0.15, 0.2) is 65.7 Å². The van der Waals surface area contributed by atoms with E-state index in [1.54, 1.807) is 0 Å². The molecule has 0 aliphatic carbocycles. The van der Waals surface area contributed by atoms with Gasteiger partial charge in [0, 0.05) is 5.56 Å². The van der Waals surface area contributed by atoms with Gasteiger partial charge in [0.15, 0.2) is 5.03 Å². The minimum Gasteiger partial charge on any atom is -0.493 e. The Bertz CT molecular complexity index is 1700. The molecule has 0 atom stereocenters. The first-order valence-electron chi connectivity index (χ1n) is 12.8. The van der Waals surface area contributed by atoms with Crippen molar-refractivity contribution >= 4 is 21.7 Å². The lowest BCUT2D eigenvalue weighted by atomic mass is 10.1. The molecule has 0 spiro atoms. The summed E-state index contributed by atoms with van der Waals surface area (Å²) >= 11 is 0. The number of carbonyl (C=O) groups is 1. The predicted octanol–water partition coefficient (Wildman–Crippen LogP) is 5.74. The van der Waals surface area contributed by atoms with E-state index in [0.29, 0.717) is 18.1 Å². The lowest BCUT2D eigenvalue weighted by molar-refractivity contribution is 0.0978. The van der Waals surface area contributed by atoms with Gasteiger partial charge in [-0.25, -0.2) is 19.1 Å². The highest BCUT2D eigenvalue weighted by Crippen LogP contribution is 2.34. The van der Waals surface area contributed by atoms with Gasteiger partial charge in [-0.3, -0.25) is 4.79 Å². The summed E-state index contributed by atoms with van der Waals surface area (Å²) in [7, 11) is -4.38. The first-order chi connectivity index (χ1) is 19.3. The number of rotatable bonds is 9. The molecule has 2 heterocycles. The van der Waals surface area contributed by atoms with Crippen molar-refractivity contribution in [2.75, 3.05) is 12.3 Å². The summed E-state index contributed by atoms with van der Waals surface area (Å²) < 4.78 is 54.6. The number of hydrogen-bond acceptors (Lipinski definition) is 8. The number of amides is 1.